The van der Waals surface area contributed by atoms with Crippen molar-refractivity contribution in [2.75, 3.05) is 26.3 Å². The van der Waals surface area contributed by atoms with Gasteiger partial charge >= 0.3 is 0 Å². The Kier molecular flexibility index (Phi) is 4.19. The van der Waals surface area contributed by atoms with Gasteiger partial charge in [0, 0.05) is 32.7 Å². The lowest BCUT2D eigenvalue weighted by Crippen LogP contribution is -2.67. The van der Waals surface area contributed by atoms with Crippen LogP contribution in [-0.2, 0) is 19.5 Å². The van der Waals surface area contributed by atoms with Crippen LogP contribution in [0.3, 0.4) is 0 Å². The highest BCUT2D eigenvalue weighted by atomic mass is 32.2. The standard InChI is InChI=1S/C18H25NO4S/c1-14-3-2-4-17(9-14)24(20,21)19-12-18(13-19)10-16(7-8-23-18)22-11-15-5-6-15/h2-4,9,15-16H,5-8,10-13H2,1H3. The molecule has 0 bridgehead atoms. The molecule has 3 aliphatic rings. The van der Waals surface area contributed by atoms with Crippen molar-refractivity contribution in [1.82, 2.24) is 4.31 Å². The van der Waals surface area contributed by atoms with Gasteiger partial charge in [0.2, 0.25) is 10.0 Å². The van der Waals surface area contributed by atoms with Gasteiger partial charge in [-0.25, -0.2) is 8.42 Å². The Hall–Kier alpha value is -0.950. The minimum Gasteiger partial charge on any atom is -0.378 e. The summed E-state index contributed by atoms with van der Waals surface area (Å²) < 4.78 is 39.0. The van der Waals surface area contributed by atoms with E-state index in [1.165, 1.54) is 17.1 Å². The summed E-state index contributed by atoms with van der Waals surface area (Å²) in [5.41, 5.74) is 0.609. The topological polar surface area (TPSA) is 55.8 Å². The highest BCUT2D eigenvalue weighted by Gasteiger charge is 2.52. The molecule has 3 fully saturated rings. The first-order valence-electron chi connectivity index (χ1n) is 8.79. The number of nitrogens with zero attached hydrogens (tertiary/aromatic N) is 1. The Labute approximate surface area is 144 Å². The van der Waals surface area contributed by atoms with Gasteiger partial charge in [0.05, 0.1) is 16.6 Å². The fourth-order valence-corrected chi connectivity index (χ4v) is 5.29. The zero-order chi connectivity index (χ0) is 16.8. The van der Waals surface area contributed by atoms with Crippen molar-refractivity contribution < 1.29 is 17.9 Å². The third-order valence-electron chi connectivity index (χ3n) is 5.27. The molecule has 0 N–H and O–H groups in total. The molecule has 1 unspecified atom stereocenters. The van der Waals surface area contributed by atoms with Crippen LogP contribution in [0.5, 0.6) is 0 Å². The van der Waals surface area contributed by atoms with Crippen LogP contribution in [0.25, 0.3) is 0 Å². The number of hydrogen-bond donors (Lipinski definition) is 0. The van der Waals surface area contributed by atoms with Gasteiger partial charge in [-0.3, -0.25) is 0 Å². The smallest absolute Gasteiger partial charge is 0.243 e. The molecule has 4 rings (SSSR count). The Morgan fingerprint density at radius 2 is 2.08 bits per heavy atom. The van der Waals surface area contributed by atoms with E-state index in [1.54, 1.807) is 18.2 Å². The van der Waals surface area contributed by atoms with Gasteiger partial charge in [-0.1, -0.05) is 12.1 Å². The van der Waals surface area contributed by atoms with Crippen molar-refractivity contribution in [2.24, 2.45) is 5.92 Å². The number of rotatable bonds is 5. The maximum Gasteiger partial charge on any atom is 0.243 e. The average Bonchev–Trinajstić information content (AvgIpc) is 3.35. The highest BCUT2D eigenvalue weighted by Crippen LogP contribution is 2.39. The van der Waals surface area contributed by atoms with E-state index in [9.17, 15) is 8.42 Å². The van der Waals surface area contributed by atoms with E-state index in [1.807, 2.05) is 13.0 Å². The van der Waals surface area contributed by atoms with Crippen molar-refractivity contribution in [1.29, 1.82) is 0 Å². The maximum atomic E-state index is 12.7. The van der Waals surface area contributed by atoms with E-state index in [4.69, 9.17) is 9.47 Å². The van der Waals surface area contributed by atoms with Crippen LogP contribution < -0.4 is 0 Å². The van der Waals surface area contributed by atoms with Crippen LogP contribution >= 0.6 is 0 Å². The molecule has 1 atom stereocenters. The number of aryl methyl sites for hydroxylation is 1. The van der Waals surface area contributed by atoms with Gasteiger partial charge in [0.1, 0.15) is 0 Å². The second-order valence-electron chi connectivity index (χ2n) is 7.51. The van der Waals surface area contributed by atoms with Crippen molar-refractivity contribution >= 4 is 10.0 Å². The summed E-state index contributed by atoms with van der Waals surface area (Å²) in [6.45, 7) is 4.29. The molecule has 5 nitrogen and oxygen atoms in total. The summed E-state index contributed by atoms with van der Waals surface area (Å²) in [5.74, 6) is 0.753. The molecular weight excluding hydrogens is 326 g/mol. The maximum absolute atomic E-state index is 12.7. The SMILES string of the molecule is Cc1cccc(S(=O)(=O)N2CC3(CC(OCC4CC4)CCO3)C2)c1. The molecule has 1 aromatic rings. The summed E-state index contributed by atoms with van der Waals surface area (Å²) >= 11 is 0. The average molecular weight is 351 g/mol. The van der Waals surface area contributed by atoms with Gasteiger partial charge in [0.15, 0.2) is 0 Å². The van der Waals surface area contributed by atoms with Crippen molar-refractivity contribution in [3.8, 4) is 0 Å². The Bertz CT molecular complexity index is 707. The van der Waals surface area contributed by atoms with E-state index in [2.05, 4.69) is 0 Å². The molecule has 1 spiro atoms. The molecule has 2 saturated heterocycles. The second-order valence-corrected chi connectivity index (χ2v) is 9.45. The van der Waals surface area contributed by atoms with Crippen LogP contribution in [0.15, 0.2) is 29.2 Å². The Morgan fingerprint density at radius 3 is 2.79 bits per heavy atom. The zero-order valence-electron chi connectivity index (χ0n) is 14.1. The van der Waals surface area contributed by atoms with Crippen LogP contribution in [-0.4, -0.2) is 50.7 Å². The number of sulfonamides is 1. The predicted octanol–water partition coefficient (Wildman–Crippen LogP) is 2.34. The normalized spacial score (nSPS) is 27.1. The molecule has 2 aliphatic heterocycles. The fourth-order valence-electron chi connectivity index (χ4n) is 3.59. The summed E-state index contributed by atoms with van der Waals surface area (Å²) in [6.07, 6.45) is 4.51. The van der Waals surface area contributed by atoms with Crippen LogP contribution in [0.1, 0.15) is 31.2 Å². The quantitative estimate of drug-likeness (QED) is 0.817. The first-order valence-corrected chi connectivity index (χ1v) is 10.2. The van der Waals surface area contributed by atoms with E-state index in [0.717, 1.165) is 30.9 Å². The second kappa shape index (κ2) is 6.09. The lowest BCUT2D eigenvalue weighted by atomic mass is 9.86. The number of ether oxygens (including phenoxy) is 2. The first-order chi connectivity index (χ1) is 11.5. The molecule has 0 radical (unpaired) electrons. The largest absolute Gasteiger partial charge is 0.378 e. The monoisotopic (exact) mass is 351 g/mol. The number of benzene rings is 1. The highest BCUT2D eigenvalue weighted by molar-refractivity contribution is 7.89. The Balaban J connectivity index is 1.39. The van der Waals surface area contributed by atoms with Gasteiger partial charge < -0.3 is 9.47 Å². The summed E-state index contributed by atoms with van der Waals surface area (Å²) in [4.78, 5) is 0.370. The van der Waals surface area contributed by atoms with E-state index in [0.29, 0.717) is 24.6 Å². The van der Waals surface area contributed by atoms with Gasteiger partial charge in [-0.05, 0) is 49.8 Å². The van der Waals surface area contributed by atoms with Crippen LogP contribution in [0.4, 0.5) is 0 Å². The molecular formula is C18H25NO4S. The summed E-state index contributed by atoms with van der Waals surface area (Å²) in [7, 11) is -3.42. The lowest BCUT2D eigenvalue weighted by Gasteiger charge is -2.52. The minimum atomic E-state index is -3.42. The third-order valence-corrected chi connectivity index (χ3v) is 7.06. The third kappa shape index (κ3) is 3.25. The molecule has 24 heavy (non-hydrogen) atoms. The van der Waals surface area contributed by atoms with Crippen molar-refractivity contribution in [3.63, 3.8) is 0 Å². The molecule has 2 heterocycles. The minimum absolute atomic E-state index is 0.211. The molecule has 0 amide bonds. The molecule has 1 saturated carbocycles. The molecule has 132 valence electrons. The molecule has 1 aliphatic carbocycles. The van der Waals surface area contributed by atoms with Crippen LogP contribution in [0.2, 0.25) is 0 Å². The van der Waals surface area contributed by atoms with Gasteiger partial charge in [-0.2, -0.15) is 4.31 Å². The molecule has 0 aromatic heterocycles. The number of hydrogen-bond acceptors (Lipinski definition) is 4. The van der Waals surface area contributed by atoms with E-state index < -0.39 is 10.0 Å². The predicted molar refractivity (Wildman–Crippen MR) is 90.3 cm³/mol. The van der Waals surface area contributed by atoms with Gasteiger partial charge in [-0.15, -0.1) is 0 Å². The van der Waals surface area contributed by atoms with Gasteiger partial charge in [0.25, 0.3) is 0 Å². The van der Waals surface area contributed by atoms with E-state index in [-0.39, 0.29) is 11.7 Å². The summed E-state index contributed by atoms with van der Waals surface area (Å²) in [5, 5.41) is 0. The van der Waals surface area contributed by atoms with Crippen molar-refractivity contribution in [3.05, 3.63) is 29.8 Å². The van der Waals surface area contributed by atoms with Crippen molar-refractivity contribution in [2.45, 2.75) is 49.2 Å². The molecule has 6 heteroatoms. The first kappa shape index (κ1) is 16.5. The Morgan fingerprint density at radius 1 is 1.29 bits per heavy atom. The fraction of sp³-hybridized carbons (Fsp3) is 0.667. The van der Waals surface area contributed by atoms with Crippen LogP contribution in [0, 0.1) is 12.8 Å². The zero-order valence-corrected chi connectivity index (χ0v) is 14.9. The summed E-state index contributed by atoms with van der Waals surface area (Å²) in [6, 6.07) is 7.08. The van der Waals surface area contributed by atoms with E-state index >= 15 is 0 Å². The molecule has 1 aromatic carbocycles. The lowest BCUT2D eigenvalue weighted by molar-refractivity contribution is -0.179.